The molecule has 0 saturated carbocycles. The van der Waals surface area contributed by atoms with E-state index in [1.165, 1.54) is 10.4 Å². The zero-order valence-corrected chi connectivity index (χ0v) is 12.9. The Balaban J connectivity index is 2.01. The van der Waals surface area contributed by atoms with Crippen LogP contribution in [0.5, 0.6) is 0 Å². The molecule has 9 heteroatoms. The minimum Gasteiger partial charge on any atom is -0.480 e. The van der Waals surface area contributed by atoms with Crippen molar-refractivity contribution in [2.24, 2.45) is 0 Å². The maximum atomic E-state index is 12.3. The molecule has 116 valence electrons. The number of hydrogen-bond donors (Lipinski definition) is 2. The monoisotopic (exact) mass is 332 g/mol. The van der Waals surface area contributed by atoms with Crippen LogP contribution < -0.4 is 5.32 Å². The highest BCUT2D eigenvalue weighted by molar-refractivity contribution is 7.91. The number of aliphatic carboxylic acids is 1. The summed E-state index contributed by atoms with van der Waals surface area (Å²) in [6.07, 6.45) is 1.72. The Morgan fingerprint density at radius 1 is 1.29 bits per heavy atom. The molecule has 0 aromatic carbocycles. The van der Waals surface area contributed by atoms with Gasteiger partial charge < -0.3 is 10.4 Å². The fourth-order valence-corrected chi connectivity index (χ4v) is 5.07. The van der Waals surface area contributed by atoms with Crippen molar-refractivity contribution in [3.05, 3.63) is 17.0 Å². The van der Waals surface area contributed by atoms with Crippen LogP contribution in [0.4, 0.5) is 0 Å². The maximum Gasteiger partial charge on any atom is 0.322 e. The van der Waals surface area contributed by atoms with Crippen LogP contribution in [0.1, 0.15) is 17.7 Å². The maximum absolute atomic E-state index is 12.3. The van der Waals surface area contributed by atoms with Gasteiger partial charge in [0, 0.05) is 18.0 Å². The smallest absolute Gasteiger partial charge is 0.322 e. The van der Waals surface area contributed by atoms with Gasteiger partial charge in [0.1, 0.15) is 10.8 Å². The van der Waals surface area contributed by atoms with Crippen LogP contribution in [-0.4, -0.2) is 49.3 Å². The lowest BCUT2D eigenvalue weighted by Gasteiger charge is -2.13. The molecule has 1 fully saturated rings. The molecule has 0 bridgehead atoms. The lowest BCUT2D eigenvalue weighted by Crippen LogP contribution is -2.30. The molecule has 1 amide bonds. The summed E-state index contributed by atoms with van der Waals surface area (Å²) >= 11 is 1.05. The number of carbonyl (C=O) groups is 2. The highest BCUT2D eigenvalue weighted by atomic mass is 32.2. The largest absolute Gasteiger partial charge is 0.480 e. The molecule has 1 saturated heterocycles. The van der Waals surface area contributed by atoms with E-state index in [4.69, 9.17) is 5.11 Å². The van der Waals surface area contributed by atoms with Gasteiger partial charge in [-0.05, 0) is 25.0 Å². The summed E-state index contributed by atoms with van der Waals surface area (Å²) in [6, 6.07) is 3.09. The Hall–Kier alpha value is -1.45. The molecule has 2 N–H and O–H groups in total. The molecule has 1 aliphatic heterocycles. The van der Waals surface area contributed by atoms with Crippen molar-refractivity contribution in [3.8, 4) is 0 Å². The first-order valence-corrected chi connectivity index (χ1v) is 8.72. The number of amides is 1. The molecule has 1 aromatic heterocycles. The molecule has 1 aromatic rings. The minimum absolute atomic E-state index is 0.0204. The van der Waals surface area contributed by atoms with Crippen molar-refractivity contribution in [2.45, 2.75) is 23.5 Å². The lowest BCUT2D eigenvalue weighted by molar-refractivity contribution is -0.137. The third-order valence-electron chi connectivity index (χ3n) is 3.07. The van der Waals surface area contributed by atoms with E-state index in [1.54, 1.807) is 6.07 Å². The second kappa shape index (κ2) is 6.54. The standard InChI is InChI=1S/C12H16N2O5S2/c15-10(13-8-11(16)17)7-9-3-4-12(20-9)21(18,19)14-5-1-2-6-14/h3-4H,1-2,5-8H2,(H,13,15)(H,16,17). The highest BCUT2D eigenvalue weighted by Crippen LogP contribution is 2.27. The number of carboxylic acids is 1. The number of carboxylic acid groups (broad SMARTS) is 1. The molecule has 0 radical (unpaired) electrons. The molecular formula is C12H16N2O5S2. The average Bonchev–Trinajstić information content (AvgIpc) is 3.07. The topological polar surface area (TPSA) is 104 Å². The fraction of sp³-hybridized carbons (Fsp3) is 0.500. The number of rotatable bonds is 6. The van der Waals surface area contributed by atoms with Crippen LogP contribution in [0.2, 0.25) is 0 Å². The van der Waals surface area contributed by atoms with E-state index in [9.17, 15) is 18.0 Å². The summed E-state index contributed by atoms with van der Waals surface area (Å²) in [4.78, 5) is 22.4. The lowest BCUT2D eigenvalue weighted by atomic mass is 10.3. The summed E-state index contributed by atoms with van der Waals surface area (Å²) in [6.45, 7) is 0.631. The molecule has 0 spiro atoms. The van der Waals surface area contributed by atoms with Gasteiger partial charge in [0.25, 0.3) is 10.0 Å². The third-order valence-corrected chi connectivity index (χ3v) is 6.52. The van der Waals surface area contributed by atoms with Crippen molar-refractivity contribution in [1.82, 2.24) is 9.62 Å². The van der Waals surface area contributed by atoms with Crippen LogP contribution >= 0.6 is 11.3 Å². The van der Waals surface area contributed by atoms with Crippen molar-refractivity contribution in [3.63, 3.8) is 0 Å². The number of thiophene rings is 1. The predicted octanol–water partition coefficient (Wildman–Crippen LogP) is 0.276. The van der Waals surface area contributed by atoms with Gasteiger partial charge in [-0.25, -0.2) is 8.42 Å². The first kappa shape index (κ1) is 15.9. The summed E-state index contributed by atoms with van der Waals surface area (Å²) < 4.78 is 26.3. The number of nitrogens with one attached hydrogen (secondary N) is 1. The van der Waals surface area contributed by atoms with Gasteiger partial charge in [-0.15, -0.1) is 11.3 Å². The Bertz CT molecular complexity index is 632. The van der Waals surface area contributed by atoms with Gasteiger partial charge in [-0.2, -0.15) is 4.31 Å². The van der Waals surface area contributed by atoms with Crippen molar-refractivity contribution >= 4 is 33.2 Å². The normalized spacial score (nSPS) is 16.0. The van der Waals surface area contributed by atoms with Crippen LogP contribution in [0.25, 0.3) is 0 Å². The van der Waals surface area contributed by atoms with Gasteiger partial charge in [-0.1, -0.05) is 0 Å². The zero-order chi connectivity index (χ0) is 15.5. The van der Waals surface area contributed by atoms with Gasteiger partial charge in [0.2, 0.25) is 5.91 Å². The molecule has 2 heterocycles. The van der Waals surface area contributed by atoms with Gasteiger partial charge in [0.05, 0.1) is 6.42 Å². The van der Waals surface area contributed by atoms with E-state index < -0.39 is 28.4 Å². The number of nitrogens with zero attached hydrogens (tertiary/aromatic N) is 1. The van der Waals surface area contributed by atoms with E-state index in [1.807, 2.05) is 0 Å². The molecule has 2 rings (SSSR count). The van der Waals surface area contributed by atoms with E-state index in [-0.39, 0.29) is 10.6 Å². The molecular weight excluding hydrogens is 316 g/mol. The predicted molar refractivity (Wildman–Crippen MR) is 76.7 cm³/mol. The molecule has 1 aliphatic rings. The molecule has 0 unspecified atom stereocenters. The van der Waals surface area contributed by atoms with E-state index in [0.717, 1.165) is 24.2 Å². The van der Waals surface area contributed by atoms with Crippen LogP contribution in [0.3, 0.4) is 0 Å². The van der Waals surface area contributed by atoms with Crippen LogP contribution in [-0.2, 0) is 26.0 Å². The van der Waals surface area contributed by atoms with Crippen LogP contribution in [0, 0.1) is 0 Å². The second-order valence-corrected chi connectivity index (χ2v) is 8.01. The van der Waals surface area contributed by atoms with Gasteiger partial charge >= 0.3 is 5.97 Å². The van der Waals surface area contributed by atoms with E-state index in [2.05, 4.69) is 5.32 Å². The van der Waals surface area contributed by atoms with Crippen molar-refractivity contribution < 1.29 is 23.1 Å². The minimum atomic E-state index is -3.45. The zero-order valence-electron chi connectivity index (χ0n) is 11.2. The third kappa shape index (κ3) is 4.02. The van der Waals surface area contributed by atoms with Crippen molar-refractivity contribution in [1.29, 1.82) is 0 Å². The van der Waals surface area contributed by atoms with Crippen LogP contribution in [0.15, 0.2) is 16.3 Å². The van der Waals surface area contributed by atoms with E-state index >= 15 is 0 Å². The summed E-state index contributed by atoms with van der Waals surface area (Å²) in [5.41, 5.74) is 0. The quantitative estimate of drug-likeness (QED) is 0.778. The molecule has 0 aliphatic carbocycles. The summed E-state index contributed by atoms with van der Waals surface area (Å²) in [5, 5.41) is 10.7. The Morgan fingerprint density at radius 3 is 2.57 bits per heavy atom. The molecule has 21 heavy (non-hydrogen) atoms. The summed E-state index contributed by atoms with van der Waals surface area (Å²) in [7, 11) is -3.45. The number of carbonyl (C=O) groups excluding carboxylic acids is 1. The summed E-state index contributed by atoms with van der Waals surface area (Å²) in [5.74, 6) is -1.56. The second-order valence-electron chi connectivity index (χ2n) is 4.68. The Kier molecular flexibility index (Phi) is 4.96. The van der Waals surface area contributed by atoms with Crippen molar-refractivity contribution in [2.75, 3.05) is 19.6 Å². The Labute approximate surface area is 126 Å². The first-order chi connectivity index (χ1) is 9.89. The van der Waals surface area contributed by atoms with Gasteiger partial charge in [-0.3, -0.25) is 9.59 Å². The molecule has 7 nitrogen and oxygen atoms in total. The Morgan fingerprint density at radius 2 is 1.95 bits per heavy atom. The molecule has 0 atom stereocenters. The highest BCUT2D eigenvalue weighted by Gasteiger charge is 2.28. The average molecular weight is 332 g/mol. The van der Waals surface area contributed by atoms with Gasteiger partial charge in [0.15, 0.2) is 0 Å². The number of sulfonamides is 1. The number of hydrogen-bond acceptors (Lipinski definition) is 5. The fourth-order valence-electron chi connectivity index (χ4n) is 2.04. The van der Waals surface area contributed by atoms with E-state index in [0.29, 0.717) is 18.0 Å². The SMILES string of the molecule is O=C(O)CNC(=O)Cc1ccc(S(=O)(=O)N2CCCC2)s1. The first-order valence-electron chi connectivity index (χ1n) is 6.47.